The Balaban J connectivity index is 0.000000255. The molecule has 0 saturated carbocycles. The molecule has 0 amide bonds. The van der Waals surface area contributed by atoms with Gasteiger partial charge in [-0.3, -0.25) is 0 Å². The molecule has 10 heteroatoms. The van der Waals surface area contributed by atoms with Gasteiger partial charge in [0.1, 0.15) is 11.6 Å². The number of aromatic nitrogens is 2. The second kappa shape index (κ2) is 14.5. The fourth-order valence-electron chi connectivity index (χ4n) is 2.24. The molecule has 0 aliphatic heterocycles. The third kappa shape index (κ3) is 10.7. The third-order valence-electron chi connectivity index (χ3n) is 3.88. The number of anilines is 2. The molecule has 4 rings (SSSR count). The van der Waals surface area contributed by atoms with Crippen LogP contribution in [0.15, 0.2) is 89.7 Å². The van der Waals surface area contributed by atoms with E-state index in [0.717, 1.165) is 20.6 Å². The Labute approximate surface area is 212 Å². The van der Waals surface area contributed by atoms with Gasteiger partial charge in [-0.1, -0.05) is 54.9 Å². The average molecular weight is 550 g/mol. The predicted molar refractivity (Wildman–Crippen MR) is 143 cm³/mol. The van der Waals surface area contributed by atoms with Crippen molar-refractivity contribution >= 4 is 63.3 Å². The van der Waals surface area contributed by atoms with Crippen LogP contribution in [0.2, 0.25) is 10.0 Å². The van der Waals surface area contributed by atoms with E-state index in [1.165, 1.54) is 0 Å². The Morgan fingerprint density at radius 1 is 0.667 bits per heavy atom. The van der Waals surface area contributed by atoms with Gasteiger partial charge in [0.05, 0.1) is 0 Å². The van der Waals surface area contributed by atoms with E-state index in [0.29, 0.717) is 22.1 Å². The average Bonchev–Trinajstić information content (AvgIpc) is 2.78. The lowest BCUT2D eigenvalue weighted by Gasteiger charge is -2.01. The summed E-state index contributed by atoms with van der Waals surface area (Å²) in [6.07, 6.45) is 3.41. The molecule has 0 bridgehead atoms. The molecule has 4 aromatic rings. The zero-order chi connectivity index (χ0) is 23.5. The lowest BCUT2D eigenvalue weighted by molar-refractivity contribution is 0.426. The van der Waals surface area contributed by atoms with E-state index < -0.39 is 7.12 Å². The number of halogens is 3. The molecule has 0 radical (unpaired) electrons. The molecule has 0 unspecified atom stereocenters. The molecule has 0 aliphatic carbocycles. The molecule has 0 aliphatic rings. The molecule has 2 aromatic carbocycles. The molecular formula is C23H24BBrCl2N4O2. The molecule has 6 nitrogen and oxygen atoms in total. The number of rotatable bonds is 2. The molecule has 2 aromatic heterocycles. The highest BCUT2D eigenvalue weighted by Gasteiger charge is 2.08. The number of nitrogens with two attached hydrogens (primary N) is 2. The maximum atomic E-state index is 8.63. The van der Waals surface area contributed by atoms with Crippen LogP contribution in [0.4, 0.5) is 11.6 Å². The number of nitrogens with zero attached hydrogens (tertiary/aromatic N) is 2. The molecule has 0 spiro atoms. The summed E-state index contributed by atoms with van der Waals surface area (Å²) >= 11 is 14.6. The summed E-state index contributed by atoms with van der Waals surface area (Å²) in [5, 5.41) is 18.6. The number of nitrogen functional groups attached to an aromatic ring is 2. The highest BCUT2D eigenvalue weighted by Crippen LogP contribution is 2.20. The van der Waals surface area contributed by atoms with E-state index in [-0.39, 0.29) is 7.43 Å². The highest BCUT2D eigenvalue weighted by atomic mass is 79.9. The molecule has 2 heterocycles. The lowest BCUT2D eigenvalue weighted by atomic mass is 9.81. The van der Waals surface area contributed by atoms with Crippen molar-refractivity contribution in [2.75, 3.05) is 11.5 Å². The Hall–Kier alpha value is -2.62. The van der Waals surface area contributed by atoms with E-state index in [2.05, 4.69) is 25.9 Å². The van der Waals surface area contributed by atoms with E-state index in [1.807, 2.05) is 36.4 Å². The minimum atomic E-state index is -1.41. The first-order valence-electron chi connectivity index (χ1n) is 9.20. The summed E-state index contributed by atoms with van der Waals surface area (Å²) in [4.78, 5) is 7.83. The molecule has 0 fully saturated rings. The zero-order valence-corrected chi connectivity index (χ0v) is 19.8. The van der Waals surface area contributed by atoms with Crippen molar-refractivity contribution in [2.45, 2.75) is 7.43 Å². The minimum Gasteiger partial charge on any atom is -0.423 e. The zero-order valence-electron chi connectivity index (χ0n) is 16.7. The van der Waals surface area contributed by atoms with Crippen LogP contribution in [-0.2, 0) is 0 Å². The first-order valence-corrected chi connectivity index (χ1v) is 10.8. The molecular weight excluding hydrogens is 526 g/mol. The van der Waals surface area contributed by atoms with Gasteiger partial charge >= 0.3 is 7.12 Å². The second-order valence-electron chi connectivity index (χ2n) is 6.31. The van der Waals surface area contributed by atoms with Gasteiger partial charge in [-0.2, -0.15) is 0 Å². The largest absolute Gasteiger partial charge is 0.488 e. The maximum absolute atomic E-state index is 8.63. The fourth-order valence-corrected chi connectivity index (χ4v) is 2.73. The Morgan fingerprint density at radius 2 is 1.12 bits per heavy atom. The number of hydrogen-bond acceptors (Lipinski definition) is 6. The SMILES string of the molecule is C.Nc1ccc(-c2ccc(Cl)cc2)cn1.Nc1ccc(Br)cn1.OB(O)c1ccc(Cl)cc1. The highest BCUT2D eigenvalue weighted by molar-refractivity contribution is 9.10. The van der Waals surface area contributed by atoms with Crippen LogP contribution in [0.1, 0.15) is 7.43 Å². The van der Waals surface area contributed by atoms with Crippen molar-refractivity contribution in [1.29, 1.82) is 0 Å². The van der Waals surface area contributed by atoms with Crippen molar-refractivity contribution in [3.8, 4) is 11.1 Å². The summed E-state index contributed by atoms with van der Waals surface area (Å²) < 4.78 is 0.951. The predicted octanol–water partition coefficient (Wildman–Crippen LogP) is 5.07. The van der Waals surface area contributed by atoms with Crippen LogP contribution in [0.3, 0.4) is 0 Å². The van der Waals surface area contributed by atoms with Gasteiger partial charge in [0.15, 0.2) is 0 Å². The van der Waals surface area contributed by atoms with Crippen LogP contribution in [-0.4, -0.2) is 27.1 Å². The van der Waals surface area contributed by atoms with Crippen molar-refractivity contribution in [2.24, 2.45) is 0 Å². The number of hydrogen-bond donors (Lipinski definition) is 4. The monoisotopic (exact) mass is 548 g/mol. The Kier molecular flexibility index (Phi) is 12.5. The Bertz CT molecular complexity index is 1020. The van der Waals surface area contributed by atoms with Crippen molar-refractivity contribution < 1.29 is 10.0 Å². The topological polar surface area (TPSA) is 118 Å². The normalized spacial score (nSPS) is 9.36. The smallest absolute Gasteiger partial charge is 0.423 e. The van der Waals surface area contributed by atoms with Crippen LogP contribution in [0.25, 0.3) is 11.1 Å². The third-order valence-corrected chi connectivity index (χ3v) is 4.86. The van der Waals surface area contributed by atoms with Gasteiger partial charge < -0.3 is 21.5 Å². The quantitative estimate of drug-likeness (QED) is 0.259. The summed E-state index contributed by atoms with van der Waals surface area (Å²) in [6, 6.07) is 21.3. The van der Waals surface area contributed by atoms with Crippen molar-refractivity contribution in [3.05, 3.63) is 99.7 Å². The number of pyridine rings is 2. The van der Waals surface area contributed by atoms with Crippen LogP contribution in [0.5, 0.6) is 0 Å². The second-order valence-corrected chi connectivity index (χ2v) is 8.09. The van der Waals surface area contributed by atoms with Crippen molar-refractivity contribution in [3.63, 3.8) is 0 Å². The first-order chi connectivity index (χ1) is 15.2. The van der Waals surface area contributed by atoms with Crippen LogP contribution in [0, 0.1) is 0 Å². The van der Waals surface area contributed by atoms with Gasteiger partial charge in [-0.15, -0.1) is 0 Å². The van der Waals surface area contributed by atoms with Gasteiger partial charge in [-0.05, 0) is 75.5 Å². The van der Waals surface area contributed by atoms with E-state index in [4.69, 9.17) is 44.7 Å². The number of benzene rings is 2. The summed E-state index contributed by atoms with van der Waals surface area (Å²) in [5.41, 5.74) is 13.4. The fraction of sp³-hybridized carbons (Fsp3) is 0.0435. The minimum absolute atomic E-state index is 0. The summed E-state index contributed by atoms with van der Waals surface area (Å²) in [6.45, 7) is 0. The first kappa shape index (κ1) is 28.4. The molecule has 0 atom stereocenters. The van der Waals surface area contributed by atoms with Gasteiger partial charge in [0, 0.05) is 32.5 Å². The molecule has 6 N–H and O–H groups in total. The lowest BCUT2D eigenvalue weighted by Crippen LogP contribution is -2.29. The molecule has 33 heavy (non-hydrogen) atoms. The standard InChI is InChI=1S/C11H9ClN2.C6H6BClO2.C5H5BrN2.CH4/c12-10-4-1-8(2-5-10)9-3-6-11(13)14-7-9;8-6-3-1-5(2-4-6)7(9)10;6-4-1-2-5(7)8-3-4;/h1-7H,(H2,13,14);1-4,9-10H;1-3H,(H2,7,8);1H4. The molecule has 0 saturated heterocycles. The van der Waals surface area contributed by atoms with E-state index in [9.17, 15) is 0 Å². The Morgan fingerprint density at radius 3 is 1.52 bits per heavy atom. The van der Waals surface area contributed by atoms with Crippen LogP contribution >= 0.6 is 39.1 Å². The van der Waals surface area contributed by atoms with E-state index in [1.54, 1.807) is 48.8 Å². The van der Waals surface area contributed by atoms with Gasteiger partial charge in [0.25, 0.3) is 0 Å². The van der Waals surface area contributed by atoms with Gasteiger partial charge in [-0.25, -0.2) is 9.97 Å². The summed E-state index contributed by atoms with van der Waals surface area (Å²) in [7, 11) is -1.41. The maximum Gasteiger partial charge on any atom is 0.488 e. The van der Waals surface area contributed by atoms with Crippen molar-refractivity contribution in [1.82, 2.24) is 9.97 Å². The van der Waals surface area contributed by atoms with Crippen LogP contribution < -0.4 is 16.9 Å². The van der Waals surface area contributed by atoms with E-state index >= 15 is 0 Å². The van der Waals surface area contributed by atoms with Gasteiger partial charge in [0.2, 0.25) is 0 Å². The molecule has 172 valence electrons. The summed E-state index contributed by atoms with van der Waals surface area (Å²) in [5.74, 6) is 1.08.